The number of hydrogen-bond acceptors (Lipinski definition) is 5. The van der Waals surface area contributed by atoms with Crippen molar-refractivity contribution in [2.24, 2.45) is 0 Å². The third-order valence-electron chi connectivity index (χ3n) is 2.32. The van der Waals surface area contributed by atoms with Gasteiger partial charge in [0.25, 0.3) is 5.91 Å². The van der Waals surface area contributed by atoms with Crippen molar-refractivity contribution < 1.29 is 9.90 Å². The van der Waals surface area contributed by atoms with Gasteiger partial charge in [-0.3, -0.25) is 9.78 Å². The van der Waals surface area contributed by atoms with E-state index in [1.807, 2.05) is 6.92 Å². The molecular formula is C12H13N3O2S. The number of carbonyl (C=O) groups excluding carboxylic acids is 1. The number of hydrogen-bond donors (Lipinski definition) is 2. The van der Waals surface area contributed by atoms with Gasteiger partial charge in [0.05, 0.1) is 24.5 Å². The lowest BCUT2D eigenvalue weighted by atomic mass is 10.3. The normalized spacial score (nSPS) is 10.3. The molecule has 0 spiro atoms. The van der Waals surface area contributed by atoms with E-state index in [2.05, 4.69) is 14.7 Å². The fourth-order valence-electron chi connectivity index (χ4n) is 1.45. The highest BCUT2D eigenvalue weighted by Crippen LogP contribution is 2.08. The highest BCUT2D eigenvalue weighted by molar-refractivity contribution is 7.05. The van der Waals surface area contributed by atoms with Crippen molar-refractivity contribution in [3.63, 3.8) is 0 Å². The zero-order valence-corrected chi connectivity index (χ0v) is 10.7. The van der Waals surface area contributed by atoms with Crippen LogP contribution in [-0.4, -0.2) is 20.4 Å². The number of rotatable bonds is 4. The van der Waals surface area contributed by atoms with Gasteiger partial charge in [-0.15, -0.1) is 0 Å². The van der Waals surface area contributed by atoms with Crippen LogP contribution in [0.5, 0.6) is 0 Å². The van der Waals surface area contributed by atoms with Gasteiger partial charge in [-0.1, -0.05) is 6.07 Å². The maximum atomic E-state index is 11.7. The van der Waals surface area contributed by atoms with E-state index in [4.69, 9.17) is 5.11 Å². The van der Waals surface area contributed by atoms with Gasteiger partial charge >= 0.3 is 0 Å². The van der Waals surface area contributed by atoms with Crippen molar-refractivity contribution >= 4 is 17.4 Å². The summed E-state index contributed by atoms with van der Waals surface area (Å²) in [4.78, 5) is 16.9. The lowest BCUT2D eigenvalue weighted by molar-refractivity contribution is 0.0946. The number of carbonyl (C=O) groups is 1. The third kappa shape index (κ3) is 3.12. The van der Waals surface area contributed by atoms with Crippen molar-refractivity contribution in [2.75, 3.05) is 0 Å². The second-order valence-electron chi connectivity index (χ2n) is 3.78. The van der Waals surface area contributed by atoms with E-state index in [-0.39, 0.29) is 12.5 Å². The smallest absolute Gasteiger partial charge is 0.271 e. The molecular weight excluding hydrogens is 250 g/mol. The van der Waals surface area contributed by atoms with Gasteiger partial charge in [-0.05, 0) is 36.7 Å². The van der Waals surface area contributed by atoms with E-state index < -0.39 is 0 Å². The van der Waals surface area contributed by atoms with Gasteiger partial charge in [-0.25, -0.2) is 0 Å². The Bertz CT molecular complexity index is 554. The first kappa shape index (κ1) is 12.7. The van der Waals surface area contributed by atoms with Gasteiger partial charge in [0.1, 0.15) is 5.69 Å². The molecule has 2 aromatic rings. The largest absolute Gasteiger partial charge is 0.390 e. The molecule has 0 saturated carbocycles. The second-order valence-corrected chi connectivity index (χ2v) is 4.79. The Morgan fingerprint density at radius 1 is 1.44 bits per heavy atom. The highest BCUT2D eigenvalue weighted by Gasteiger charge is 2.09. The van der Waals surface area contributed by atoms with Crippen LogP contribution in [0.2, 0.25) is 0 Å². The number of nitrogens with one attached hydrogen (secondary N) is 1. The highest BCUT2D eigenvalue weighted by atomic mass is 32.1. The Hall–Kier alpha value is -1.79. The molecule has 18 heavy (non-hydrogen) atoms. The van der Waals surface area contributed by atoms with E-state index >= 15 is 0 Å². The Balaban J connectivity index is 1.97. The summed E-state index contributed by atoms with van der Waals surface area (Å²) in [5.74, 6) is -0.212. The molecule has 5 nitrogen and oxygen atoms in total. The van der Waals surface area contributed by atoms with E-state index in [0.29, 0.717) is 23.6 Å². The minimum atomic E-state index is -0.212. The summed E-state index contributed by atoms with van der Waals surface area (Å²) in [5.41, 5.74) is 1.73. The quantitative estimate of drug-likeness (QED) is 0.871. The van der Waals surface area contributed by atoms with Crippen LogP contribution in [0, 0.1) is 6.92 Å². The molecule has 2 heterocycles. The summed E-state index contributed by atoms with van der Waals surface area (Å²) in [5, 5.41) is 11.7. The standard InChI is InChI=1S/C12H13N3O2S/c1-8-5-11(15-18-8)12(17)13-6-9-3-2-4-10(7-16)14-9/h2-5,16H,6-7H2,1H3,(H,13,17). The molecule has 2 rings (SSSR count). The predicted molar refractivity (Wildman–Crippen MR) is 68.2 cm³/mol. The summed E-state index contributed by atoms with van der Waals surface area (Å²) in [6.07, 6.45) is 0. The molecule has 0 unspecified atom stereocenters. The second kappa shape index (κ2) is 5.70. The van der Waals surface area contributed by atoms with Crippen LogP contribution >= 0.6 is 11.5 Å². The predicted octanol–water partition coefficient (Wildman–Crippen LogP) is 1.27. The summed E-state index contributed by atoms with van der Waals surface area (Å²) in [6, 6.07) is 7.07. The monoisotopic (exact) mass is 263 g/mol. The first-order valence-electron chi connectivity index (χ1n) is 5.46. The van der Waals surface area contributed by atoms with Crippen molar-refractivity contribution in [1.29, 1.82) is 0 Å². The van der Waals surface area contributed by atoms with Crippen molar-refractivity contribution in [3.8, 4) is 0 Å². The third-order valence-corrected chi connectivity index (χ3v) is 3.01. The summed E-state index contributed by atoms with van der Waals surface area (Å²) in [7, 11) is 0. The summed E-state index contributed by atoms with van der Waals surface area (Å²) in [6.45, 7) is 2.12. The number of nitrogens with zero attached hydrogens (tertiary/aromatic N) is 2. The van der Waals surface area contributed by atoms with E-state index in [9.17, 15) is 4.79 Å². The summed E-state index contributed by atoms with van der Waals surface area (Å²) >= 11 is 1.30. The van der Waals surface area contributed by atoms with Crippen LogP contribution in [0.3, 0.4) is 0 Å². The average molecular weight is 263 g/mol. The number of pyridine rings is 1. The van der Waals surface area contributed by atoms with Crippen LogP contribution in [0.15, 0.2) is 24.3 Å². The van der Waals surface area contributed by atoms with Gasteiger partial charge in [0.15, 0.2) is 0 Å². The van der Waals surface area contributed by atoms with Crippen LogP contribution in [0.1, 0.15) is 26.8 Å². The molecule has 0 aromatic carbocycles. The maximum Gasteiger partial charge on any atom is 0.271 e. The molecule has 0 atom stereocenters. The minimum Gasteiger partial charge on any atom is -0.390 e. The molecule has 0 aliphatic heterocycles. The molecule has 2 N–H and O–H groups in total. The molecule has 2 aromatic heterocycles. The first-order chi connectivity index (χ1) is 8.69. The Morgan fingerprint density at radius 3 is 2.89 bits per heavy atom. The topological polar surface area (TPSA) is 75.1 Å². The molecule has 6 heteroatoms. The van der Waals surface area contributed by atoms with E-state index in [0.717, 1.165) is 4.88 Å². The number of aliphatic hydroxyl groups is 1. The van der Waals surface area contributed by atoms with Crippen LogP contribution in [0.25, 0.3) is 0 Å². The number of aliphatic hydroxyl groups excluding tert-OH is 1. The van der Waals surface area contributed by atoms with Gasteiger partial charge in [0.2, 0.25) is 0 Å². The Kier molecular flexibility index (Phi) is 4.01. The lowest BCUT2D eigenvalue weighted by Gasteiger charge is -2.04. The molecule has 0 fully saturated rings. The molecule has 0 aliphatic carbocycles. The minimum absolute atomic E-state index is 0.104. The number of amides is 1. The zero-order chi connectivity index (χ0) is 13.0. The van der Waals surface area contributed by atoms with Gasteiger partial charge in [0, 0.05) is 4.88 Å². The van der Waals surface area contributed by atoms with E-state index in [1.165, 1.54) is 11.5 Å². The molecule has 0 radical (unpaired) electrons. The molecule has 0 aliphatic rings. The Morgan fingerprint density at radius 2 is 2.22 bits per heavy atom. The molecule has 94 valence electrons. The fourth-order valence-corrected chi connectivity index (χ4v) is 1.99. The molecule has 0 saturated heterocycles. The molecule has 0 bridgehead atoms. The van der Waals surface area contributed by atoms with E-state index in [1.54, 1.807) is 24.3 Å². The van der Waals surface area contributed by atoms with Crippen LogP contribution in [0.4, 0.5) is 0 Å². The number of aryl methyl sites for hydroxylation is 1. The zero-order valence-electron chi connectivity index (χ0n) is 9.88. The Labute approximate surface area is 109 Å². The van der Waals surface area contributed by atoms with Crippen molar-refractivity contribution in [2.45, 2.75) is 20.1 Å². The number of aromatic nitrogens is 2. The van der Waals surface area contributed by atoms with Gasteiger partial charge < -0.3 is 10.4 Å². The SMILES string of the molecule is Cc1cc(C(=O)NCc2cccc(CO)n2)ns1. The maximum absolute atomic E-state index is 11.7. The van der Waals surface area contributed by atoms with Crippen molar-refractivity contribution in [1.82, 2.24) is 14.7 Å². The molecule has 1 amide bonds. The van der Waals surface area contributed by atoms with Crippen LogP contribution in [-0.2, 0) is 13.2 Å². The average Bonchev–Trinajstić information content (AvgIpc) is 2.83. The van der Waals surface area contributed by atoms with Crippen LogP contribution < -0.4 is 5.32 Å². The summed E-state index contributed by atoms with van der Waals surface area (Å²) < 4.78 is 4.03. The van der Waals surface area contributed by atoms with Crippen molar-refractivity contribution in [3.05, 3.63) is 46.2 Å². The van der Waals surface area contributed by atoms with Gasteiger partial charge in [-0.2, -0.15) is 4.37 Å². The first-order valence-corrected chi connectivity index (χ1v) is 6.23. The lowest BCUT2D eigenvalue weighted by Crippen LogP contribution is -2.23. The fraction of sp³-hybridized carbons (Fsp3) is 0.250.